The van der Waals surface area contributed by atoms with E-state index in [4.69, 9.17) is 0 Å². The van der Waals surface area contributed by atoms with Gasteiger partial charge in [-0.2, -0.15) is 5.10 Å². The summed E-state index contributed by atoms with van der Waals surface area (Å²) in [6, 6.07) is 13.3. The number of likely N-dealkylation sites (N-methyl/N-ethyl adjacent to an activating group) is 1. The molecule has 2 aromatic heterocycles. The number of carbonyl (C=O) groups is 1. The number of rotatable bonds is 5. The Balaban J connectivity index is 1.33. The predicted molar refractivity (Wildman–Crippen MR) is 134 cm³/mol. The van der Waals surface area contributed by atoms with Gasteiger partial charge < -0.3 is 19.6 Å². The summed E-state index contributed by atoms with van der Waals surface area (Å²) in [6.07, 6.45) is 4.56. The molecule has 0 N–H and O–H groups in total. The van der Waals surface area contributed by atoms with Crippen LogP contribution in [0.5, 0.6) is 0 Å². The van der Waals surface area contributed by atoms with Gasteiger partial charge in [-0.05, 0) is 36.4 Å². The molecule has 7 nitrogen and oxygen atoms in total. The summed E-state index contributed by atoms with van der Waals surface area (Å²) in [4.78, 5) is 21.4. The number of amides is 1. The topological polar surface area (TPSA) is 47.3 Å². The maximum Gasteiger partial charge on any atom is 0.222 e. The van der Waals surface area contributed by atoms with Crippen molar-refractivity contribution in [2.45, 2.75) is 20.3 Å². The van der Waals surface area contributed by atoms with Crippen molar-refractivity contribution in [3.05, 3.63) is 48.8 Å². The summed E-state index contributed by atoms with van der Waals surface area (Å²) < 4.78 is 1.98. The minimum absolute atomic E-state index is 0.246. The first kappa shape index (κ1) is 21.8. The van der Waals surface area contributed by atoms with Crippen molar-refractivity contribution in [2.75, 3.05) is 68.7 Å². The molecule has 33 heavy (non-hydrogen) atoms. The lowest BCUT2D eigenvalue weighted by Gasteiger charge is -2.36. The number of nitrogens with zero attached hydrogens (tertiary/aromatic N) is 6. The summed E-state index contributed by atoms with van der Waals surface area (Å²) in [5, 5.41) is 4.56. The number of fused-ring (bicyclic) bond motifs is 1. The number of carbonyl (C=O) groups excluding carboxylic acids is 1. The van der Waals surface area contributed by atoms with Crippen molar-refractivity contribution in [1.29, 1.82) is 0 Å². The van der Waals surface area contributed by atoms with Gasteiger partial charge in [0.2, 0.25) is 5.91 Å². The van der Waals surface area contributed by atoms with Gasteiger partial charge in [-0.25, -0.2) is 4.52 Å². The summed E-state index contributed by atoms with van der Waals surface area (Å²) >= 11 is 0. The molecule has 174 valence electrons. The van der Waals surface area contributed by atoms with Gasteiger partial charge >= 0.3 is 0 Å². The molecule has 2 saturated heterocycles. The molecule has 0 aliphatic carbocycles. The van der Waals surface area contributed by atoms with E-state index in [-0.39, 0.29) is 5.91 Å². The van der Waals surface area contributed by atoms with Crippen LogP contribution in [-0.4, -0.2) is 84.2 Å². The highest BCUT2D eigenvalue weighted by Gasteiger charge is 2.22. The molecule has 0 unspecified atom stereocenters. The van der Waals surface area contributed by atoms with Crippen molar-refractivity contribution in [1.82, 2.24) is 19.4 Å². The third-order valence-corrected chi connectivity index (χ3v) is 7.15. The fourth-order valence-electron chi connectivity index (χ4n) is 5.03. The second-order valence-corrected chi connectivity index (χ2v) is 8.96. The number of anilines is 2. The van der Waals surface area contributed by atoms with Crippen molar-refractivity contribution >= 4 is 22.8 Å². The van der Waals surface area contributed by atoms with Crippen LogP contribution in [0, 0.1) is 0 Å². The van der Waals surface area contributed by atoms with Gasteiger partial charge in [0.05, 0.1) is 11.2 Å². The minimum Gasteiger partial charge on any atom is -0.369 e. The molecule has 2 fully saturated rings. The van der Waals surface area contributed by atoms with E-state index in [2.05, 4.69) is 69.3 Å². The van der Waals surface area contributed by atoms with Gasteiger partial charge in [0.25, 0.3) is 0 Å². The fraction of sp³-hybridized carbons (Fsp3) is 0.462. The van der Waals surface area contributed by atoms with Gasteiger partial charge in [0, 0.05) is 82.4 Å². The zero-order valence-electron chi connectivity index (χ0n) is 19.8. The molecule has 2 aliphatic rings. The van der Waals surface area contributed by atoms with Gasteiger partial charge in [-0.15, -0.1) is 0 Å². The minimum atomic E-state index is 0.246. The Morgan fingerprint density at radius 2 is 1.55 bits per heavy atom. The average Bonchev–Trinajstić information content (AvgIpc) is 3.33. The zero-order chi connectivity index (χ0) is 22.8. The predicted octanol–water partition coefficient (Wildman–Crippen LogP) is 3.20. The van der Waals surface area contributed by atoms with Crippen LogP contribution in [0.4, 0.5) is 11.4 Å². The molecular weight excluding hydrogens is 412 g/mol. The first-order valence-electron chi connectivity index (χ1n) is 12.2. The summed E-state index contributed by atoms with van der Waals surface area (Å²) in [7, 11) is 0. The Bertz CT molecular complexity index is 1090. The zero-order valence-corrected chi connectivity index (χ0v) is 19.8. The normalized spacial score (nSPS) is 17.7. The lowest BCUT2D eigenvalue weighted by Crippen LogP contribution is -2.48. The van der Waals surface area contributed by atoms with Crippen LogP contribution in [-0.2, 0) is 4.79 Å². The number of piperazine rings is 2. The fourth-order valence-corrected chi connectivity index (χ4v) is 5.03. The molecule has 2 aliphatic heterocycles. The first-order chi connectivity index (χ1) is 16.2. The lowest BCUT2D eigenvalue weighted by atomic mass is 10.1. The summed E-state index contributed by atoms with van der Waals surface area (Å²) in [5.74, 6) is 0.246. The van der Waals surface area contributed by atoms with E-state index in [0.717, 1.165) is 64.4 Å². The van der Waals surface area contributed by atoms with Crippen molar-refractivity contribution < 1.29 is 4.79 Å². The van der Waals surface area contributed by atoms with E-state index in [1.165, 1.54) is 22.5 Å². The molecule has 3 aromatic rings. The SMILES string of the molecule is CCC(=O)N1CCN(c2ccnn3cc(-c4ccc(N5CCN(CC)CC5)cc4)cc23)CC1. The monoisotopic (exact) mass is 446 g/mol. The molecule has 0 radical (unpaired) electrons. The van der Waals surface area contributed by atoms with Crippen molar-refractivity contribution in [3.8, 4) is 11.1 Å². The molecular formula is C26H34N6O. The summed E-state index contributed by atoms with van der Waals surface area (Å²) in [5.41, 5.74) is 5.99. The number of hydrogen-bond acceptors (Lipinski definition) is 5. The van der Waals surface area contributed by atoms with E-state index < -0.39 is 0 Å². The second kappa shape index (κ2) is 9.43. The Morgan fingerprint density at radius 1 is 0.848 bits per heavy atom. The highest BCUT2D eigenvalue weighted by Crippen LogP contribution is 2.30. The molecule has 1 amide bonds. The van der Waals surface area contributed by atoms with Gasteiger partial charge in [0.15, 0.2) is 0 Å². The number of benzene rings is 1. The largest absolute Gasteiger partial charge is 0.369 e. The van der Waals surface area contributed by atoms with Crippen LogP contribution in [0.2, 0.25) is 0 Å². The van der Waals surface area contributed by atoms with Crippen molar-refractivity contribution in [2.24, 2.45) is 0 Å². The Kier molecular flexibility index (Phi) is 6.22. The molecule has 0 bridgehead atoms. The summed E-state index contributed by atoms with van der Waals surface area (Å²) in [6.45, 7) is 13.0. The van der Waals surface area contributed by atoms with E-state index in [1.54, 1.807) is 0 Å². The van der Waals surface area contributed by atoms with Crippen LogP contribution >= 0.6 is 0 Å². The highest BCUT2D eigenvalue weighted by atomic mass is 16.2. The quantitative estimate of drug-likeness (QED) is 0.602. The van der Waals surface area contributed by atoms with E-state index >= 15 is 0 Å². The molecule has 4 heterocycles. The van der Waals surface area contributed by atoms with Crippen LogP contribution in [0.3, 0.4) is 0 Å². The van der Waals surface area contributed by atoms with E-state index in [0.29, 0.717) is 6.42 Å². The Morgan fingerprint density at radius 3 is 2.21 bits per heavy atom. The molecule has 0 saturated carbocycles. The Hall–Kier alpha value is -3.06. The molecule has 1 aromatic carbocycles. The third kappa shape index (κ3) is 4.42. The second-order valence-electron chi connectivity index (χ2n) is 8.96. The standard InChI is InChI=1S/C26H34N6O/c1-3-26(33)31-17-15-30(16-18-31)24-9-10-27-32-20-22(19-25(24)32)21-5-7-23(8-6-21)29-13-11-28(4-2)12-14-29/h5-10,19-20H,3-4,11-18H2,1-2H3. The maximum absolute atomic E-state index is 12.0. The van der Waals surface area contributed by atoms with E-state index in [1.807, 2.05) is 22.5 Å². The highest BCUT2D eigenvalue weighted by molar-refractivity contribution is 5.81. The average molecular weight is 447 g/mol. The molecule has 7 heteroatoms. The maximum atomic E-state index is 12.0. The van der Waals surface area contributed by atoms with Crippen LogP contribution in [0.15, 0.2) is 48.8 Å². The molecule has 5 rings (SSSR count). The number of hydrogen-bond donors (Lipinski definition) is 0. The molecule has 0 spiro atoms. The first-order valence-corrected chi connectivity index (χ1v) is 12.2. The van der Waals surface area contributed by atoms with Gasteiger partial charge in [-0.3, -0.25) is 4.79 Å². The lowest BCUT2D eigenvalue weighted by molar-refractivity contribution is -0.131. The van der Waals surface area contributed by atoms with Crippen LogP contribution in [0.1, 0.15) is 20.3 Å². The number of aromatic nitrogens is 2. The van der Waals surface area contributed by atoms with Gasteiger partial charge in [-0.1, -0.05) is 26.0 Å². The van der Waals surface area contributed by atoms with Crippen LogP contribution in [0.25, 0.3) is 16.6 Å². The smallest absolute Gasteiger partial charge is 0.222 e. The third-order valence-electron chi connectivity index (χ3n) is 7.15. The Labute approximate surface area is 196 Å². The van der Waals surface area contributed by atoms with Crippen molar-refractivity contribution in [3.63, 3.8) is 0 Å². The van der Waals surface area contributed by atoms with E-state index in [9.17, 15) is 4.79 Å². The molecule has 0 atom stereocenters. The van der Waals surface area contributed by atoms with Crippen LogP contribution < -0.4 is 9.80 Å². The van der Waals surface area contributed by atoms with Gasteiger partial charge in [0.1, 0.15) is 0 Å².